The summed E-state index contributed by atoms with van der Waals surface area (Å²) in [6, 6.07) is 14.7. The normalized spacial score (nSPS) is 15.3. The van der Waals surface area contributed by atoms with Crippen LogP contribution in [-0.2, 0) is 11.8 Å². The standard InChI is InChI=1S/C28H37N4O3/c1-30-24-9-6-5-8-22(24)26(29-12-7-13-31-14-17-33-18-15-31)28-27(30)23-20-21(10-11-25(23)35-28)34-19-16-32(2,3)4/h5-6,8-11,20H,7,12-19H2,1-4H3/q+1/p+1. The van der Waals surface area contributed by atoms with Crippen molar-refractivity contribution in [3.63, 3.8) is 0 Å². The molecule has 7 heteroatoms. The van der Waals surface area contributed by atoms with E-state index in [1.54, 1.807) is 0 Å². The van der Waals surface area contributed by atoms with Crippen molar-refractivity contribution in [1.29, 1.82) is 0 Å². The van der Waals surface area contributed by atoms with Gasteiger partial charge in [-0.2, -0.15) is 4.57 Å². The summed E-state index contributed by atoms with van der Waals surface area (Å²) in [6.07, 6.45) is 1.07. The molecule has 2 aromatic carbocycles. The molecule has 0 amide bonds. The number of fused-ring (bicyclic) bond motifs is 4. The molecule has 3 heterocycles. The smallest absolute Gasteiger partial charge is 0.261 e. The molecule has 0 aliphatic carbocycles. The van der Waals surface area contributed by atoms with E-state index in [0.29, 0.717) is 6.61 Å². The van der Waals surface area contributed by atoms with E-state index in [0.717, 1.165) is 90.3 Å². The van der Waals surface area contributed by atoms with Gasteiger partial charge in [-0.3, -0.25) is 4.90 Å². The fourth-order valence-corrected chi connectivity index (χ4v) is 4.83. The van der Waals surface area contributed by atoms with Crippen molar-refractivity contribution < 1.29 is 22.9 Å². The monoisotopic (exact) mass is 478 g/mol. The highest BCUT2D eigenvalue weighted by Crippen LogP contribution is 2.37. The van der Waals surface area contributed by atoms with Gasteiger partial charge in [0.05, 0.1) is 50.8 Å². The number of anilines is 1. The van der Waals surface area contributed by atoms with Crippen LogP contribution < -0.4 is 14.6 Å². The molecule has 1 N–H and O–H groups in total. The van der Waals surface area contributed by atoms with Crippen LogP contribution in [0.4, 0.5) is 5.69 Å². The maximum Gasteiger partial charge on any atom is 0.261 e. The van der Waals surface area contributed by atoms with Crippen molar-refractivity contribution in [1.82, 2.24) is 4.90 Å². The van der Waals surface area contributed by atoms with E-state index in [9.17, 15) is 0 Å². The average molecular weight is 479 g/mol. The predicted octanol–water partition coefficient (Wildman–Crippen LogP) is 3.78. The molecule has 0 unspecified atom stereocenters. The largest absolute Gasteiger partial charge is 0.488 e. The zero-order chi connectivity index (χ0) is 24.4. The van der Waals surface area contributed by atoms with Crippen LogP contribution in [-0.4, -0.2) is 83.1 Å². The predicted molar refractivity (Wildman–Crippen MR) is 141 cm³/mol. The number of likely N-dealkylation sites (N-methyl/N-ethyl adjacent to an activating group) is 1. The highest BCUT2D eigenvalue weighted by atomic mass is 16.5. The van der Waals surface area contributed by atoms with Crippen molar-refractivity contribution in [3.05, 3.63) is 42.5 Å². The lowest BCUT2D eigenvalue weighted by atomic mass is 10.1. The van der Waals surface area contributed by atoms with Crippen LogP contribution in [0.3, 0.4) is 0 Å². The van der Waals surface area contributed by atoms with E-state index in [4.69, 9.17) is 13.9 Å². The van der Waals surface area contributed by atoms with Crippen molar-refractivity contribution in [2.45, 2.75) is 6.42 Å². The van der Waals surface area contributed by atoms with E-state index in [1.165, 1.54) is 10.9 Å². The summed E-state index contributed by atoms with van der Waals surface area (Å²) < 4.78 is 21.2. The van der Waals surface area contributed by atoms with Gasteiger partial charge in [0.15, 0.2) is 0 Å². The lowest BCUT2D eigenvalue weighted by molar-refractivity contribution is -0.870. The molecule has 0 bridgehead atoms. The van der Waals surface area contributed by atoms with E-state index in [1.807, 2.05) is 12.1 Å². The third kappa shape index (κ3) is 5.22. The van der Waals surface area contributed by atoms with Crippen LogP contribution in [0.5, 0.6) is 5.75 Å². The van der Waals surface area contributed by atoms with Gasteiger partial charge in [0.1, 0.15) is 31.5 Å². The number of nitrogens with one attached hydrogen (secondary N) is 1. The van der Waals surface area contributed by atoms with Crippen molar-refractivity contribution in [2.24, 2.45) is 7.05 Å². The number of furan rings is 1. The van der Waals surface area contributed by atoms with E-state index >= 15 is 0 Å². The summed E-state index contributed by atoms with van der Waals surface area (Å²) in [5, 5.41) is 5.98. The first-order valence-corrected chi connectivity index (χ1v) is 12.6. The Bertz CT molecular complexity index is 1320. The first-order chi connectivity index (χ1) is 16.9. The van der Waals surface area contributed by atoms with Crippen LogP contribution in [0.2, 0.25) is 0 Å². The van der Waals surface area contributed by atoms with Crippen molar-refractivity contribution in [3.8, 4) is 5.75 Å². The molecular weight excluding hydrogens is 440 g/mol. The second-order valence-corrected chi connectivity index (χ2v) is 10.5. The zero-order valence-corrected chi connectivity index (χ0v) is 21.5. The van der Waals surface area contributed by atoms with Gasteiger partial charge in [-0.1, -0.05) is 12.1 Å². The first-order valence-electron chi connectivity index (χ1n) is 12.6. The number of ether oxygens (including phenoxy) is 2. The molecule has 1 aliphatic rings. The number of rotatable bonds is 9. The number of aromatic nitrogens is 1. The molecule has 1 saturated heterocycles. The van der Waals surface area contributed by atoms with Gasteiger partial charge in [-0.05, 0) is 37.2 Å². The molecule has 1 aliphatic heterocycles. The number of hydrogen-bond donors (Lipinski definition) is 1. The molecule has 4 aromatic rings. The summed E-state index contributed by atoms with van der Waals surface area (Å²) in [4.78, 5) is 2.48. The van der Waals surface area contributed by atoms with E-state index < -0.39 is 0 Å². The van der Waals surface area contributed by atoms with Gasteiger partial charge in [0, 0.05) is 25.7 Å². The molecule has 35 heavy (non-hydrogen) atoms. The number of quaternary nitrogens is 1. The number of hydrogen-bond acceptors (Lipinski definition) is 5. The van der Waals surface area contributed by atoms with Gasteiger partial charge in [-0.15, -0.1) is 0 Å². The Labute approximate surface area is 207 Å². The third-order valence-electron chi connectivity index (χ3n) is 6.82. The molecule has 2 aromatic heterocycles. The minimum absolute atomic E-state index is 0.676. The van der Waals surface area contributed by atoms with Gasteiger partial charge < -0.3 is 23.7 Å². The second kappa shape index (κ2) is 10.0. The van der Waals surface area contributed by atoms with Crippen molar-refractivity contribution >= 4 is 38.7 Å². The Kier molecular flexibility index (Phi) is 6.82. The quantitative estimate of drug-likeness (QED) is 0.225. The van der Waals surface area contributed by atoms with Gasteiger partial charge >= 0.3 is 0 Å². The van der Waals surface area contributed by atoms with Gasteiger partial charge in [0.2, 0.25) is 11.1 Å². The summed E-state index contributed by atoms with van der Waals surface area (Å²) in [7, 11) is 8.65. The number of morpholine rings is 1. The Morgan fingerprint density at radius 2 is 1.86 bits per heavy atom. The molecule has 186 valence electrons. The maximum atomic E-state index is 6.46. The highest BCUT2D eigenvalue weighted by molar-refractivity contribution is 6.11. The Hall–Kier alpha value is -2.87. The lowest BCUT2D eigenvalue weighted by Gasteiger charge is -2.26. The van der Waals surface area contributed by atoms with E-state index in [-0.39, 0.29) is 0 Å². The first kappa shape index (κ1) is 23.9. The number of pyridine rings is 1. The fraction of sp³-hybridized carbons (Fsp3) is 0.464. The van der Waals surface area contributed by atoms with Gasteiger partial charge in [0.25, 0.3) is 5.52 Å². The lowest BCUT2D eigenvalue weighted by Crippen LogP contribution is -2.38. The molecule has 5 rings (SSSR count). The minimum atomic E-state index is 0.676. The van der Waals surface area contributed by atoms with Crippen LogP contribution in [0.25, 0.3) is 33.0 Å². The molecule has 0 radical (unpaired) electrons. The summed E-state index contributed by atoms with van der Waals surface area (Å²) in [6.45, 7) is 7.32. The topological polar surface area (TPSA) is 50.8 Å². The highest BCUT2D eigenvalue weighted by Gasteiger charge is 2.25. The minimum Gasteiger partial charge on any atom is -0.488 e. The molecule has 7 nitrogen and oxygen atoms in total. The molecule has 1 fully saturated rings. The molecule has 0 spiro atoms. The van der Waals surface area contributed by atoms with Crippen LogP contribution in [0.1, 0.15) is 6.42 Å². The second-order valence-electron chi connectivity index (χ2n) is 10.5. The van der Waals surface area contributed by atoms with Crippen LogP contribution >= 0.6 is 0 Å². The summed E-state index contributed by atoms with van der Waals surface area (Å²) >= 11 is 0. The summed E-state index contributed by atoms with van der Waals surface area (Å²) in [5.41, 5.74) is 5.11. The van der Waals surface area contributed by atoms with Crippen molar-refractivity contribution in [2.75, 3.05) is 79.0 Å². The zero-order valence-electron chi connectivity index (χ0n) is 21.5. The number of aryl methyl sites for hydroxylation is 1. The summed E-state index contributed by atoms with van der Waals surface area (Å²) in [5.74, 6) is 0.877. The SMILES string of the molecule is C[n+]1c2ccccc2c(NCCCN2CCOCC2)c2oc3ccc(OCC[N+](C)(C)C)cc3c21. The van der Waals surface area contributed by atoms with E-state index in [2.05, 4.69) is 73.3 Å². The number of nitrogens with zero attached hydrogens (tertiary/aromatic N) is 3. The third-order valence-corrected chi connectivity index (χ3v) is 6.82. The molecular formula is C28H38N4O3+2. The maximum absolute atomic E-state index is 6.46. The Balaban J connectivity index is 1.46. The molecule has 0 saturated carbocycles. The number of benzene rings is 2. The Morgan fingerprint density at radius 1 is 1.06 bits per heavy atom. The fourth-order valence-electron chi connectivity index (χ4n) is 4.83. The number of para-hydroxylation sites is 1. The van der Waals surface area contributed by atoms with Crippen LogP contribution in [0.15, 0.2) is 46.9 Å². The Morgan fingerprint density at radius 3 is 2.66 bits per heavy atom. The molecule has 0 atom stereocenters. The van der Waals surface area contributed by atoms with Gasteiger partial charge in [-0.25, -0.2) is 0 Å². The average Bonchev–Trinajstić information content (AvgIpc) is 3.22. The van der Waals surface area contributed by atoms with Crippen LogP contribution in [0, 0.1) is 0 Å².